The molecule has 94 valence electrons. The summed E-state index contributed by atoms with van der Waals surface area (Å²) in [4.78, 5) is 0. The zero-order chi connectivity index (χ0) is 13.4. The van der Waals surface area contributed by atoms with Crippen LogP contribution in [0.4, 0.5) is 0 Å². The number of rotatable bonds is 6. The molecule has 1 aromatic rings. The molecular formula is C16H20N2. The lowest BCUT2D eigenvalue weighted by Gasteiger charge is -2.33. The maximum absolute atomic E-state index is 9.69. The number of nitrogens with zero attached hydrogens (tertiary/aromatic N) is 2. The first kappa shape index (κ1) is 14.3. The fourth-order valence-corrected chi connectivity index (χ4v) is 2.57. The highest BCUT2D eigenvalue weighted by atomic mass is 14.4. The second-order valence-electron chi connectivity index (χ2n) is 4.80. The smallest absolute Gasteiger partial charge is 0.0857 e. The summed E-state index contributed by atoms with van der Waals surface area (Å²) in [6.45, 7) is 4.25. The molecule has 0 aliphatic heterocycles. The van der Waals surface area contributed by atoms with Crippen molar-refractivity contribution in [2.24, 2.45) is 5.92 Å². The van der Waals surface area contributed by atoms with Gasteiger partial charge in [0.1, 0.15) is 0 Å². The van der Waals surface area contributed by atoms with Crippen LogP contribution >= 0.6 is 0 Å². The summed E-state index contributed by atoms with van der Waals surface area (Å²) in [5.74, 6) is 0.267. The molecule has 0 heterocycles. The van der Waals surface area contributed by atoms with Gasteiger partial charge in [-0.3, -0.25) is 0 Å². The minimum Gasteiger partial charge on any atom is -0.198 e. The van der Waals surface area contributed by atoms with Gasteiger partial charge in [-0.15, -0.1) is 0 Å². The third-order valence-electron chi connectivity index (χ3n) is 3.68. The van der Waals surface area contributed by atoms with Gasteiger partial charge in [0.25, 0.3) is 0 Å². The molecule has 1 aromatic carbocycles. The largest absolute Gasteiger partial charge is 0.198 e. The normalized spacial score (nSPS) is 15.1. The van der Waals surface area contributed by atoms with Gasteiger partial charge in [0.15, 0.2) is 0 Å². The van der Waals surface area contributed by atoms with Crippen molar-refractivity contribution in [3.05, 3.63) is 35.9 Å². The van der Waals surface area contributed by atoms with Gasteiger partial charge in [-0.1, -0.05) is 50.6 Å². The molecular weight excluding hydrogens is 220 g/mol. The van der Waals surface area contributed by atoms with Crippen molar-refractivity contribution in [2.75, 3.05) is 0 Å². The van der Waals surface area contributed by atoms with Gasteiger partial charge in [-0.2, -0.15) is 10.5 Å². The molecule has 2 atom stereocenters. The quantitative estimate of drug-likeness (QED) is 0.748. The Morgan fingerprint density at radius 1 is 1.22 bits per heavy atom. The van der Waals surface area contributed by atoms with Crippen molar-refractivity contribution in [3.8, 4) is 12.1 Å². The summed E-state index contributed by atoms with van der Waals surface area (Å²) in [6.07, 6.45) is 3.11. The van der Waals surface area contributed by atoms with Gasteiger partial charge in [0, 0.05) is 6.42 Å². The van der Waals surface area contributed by atoms with Crippen LogP contribution in [0.15, 0.2) is 30.3 Å². The zero-order valence-electron chi connectivity index (χ0n) is 11.2. The van der Waals surface area contributed by atoms with E-state index in [1.807, 2.05) is 30.3 Å². The average molecular weight is 240 g/mol. The first-order valence-corrected chi connectivity index (χ1v) is 6.55. The molecule has 0 amide bonds. The van der Waals surface area contributed by atoms with Crippen molar-refractivity contribution in [1.29, 1.82) is 10.5 Å². The monoisotopic (exact) mass is 240 g/mol. The van der Waals surface area contributed by atoms with Crippen LogP contribution in [0, 0.1) is 28.6 Å². The fourth-order valence-electron chi connectivity index (χ4n) is 2.57. The molecule has 1 rings (SSSR count). The van der Waals surface area contributed by atoms with Gasteiger partial charge < -0.3 is 0 Å². The molecule has 0 aliphatic rings. The van der Waals surface area contributed by atoms with Crippen molar-refractivity contribution in [3.63, 3.8) is 0 Å². The van der Waals surface area contributed by atoms with Crippen LogP contribution in [0.5, 0.6) is 0 Å². The highest BCUT2D eigenvalue weighted by Gasteiger charge is 2.37. The Labute approximate surface area is 110 Å². The Morgan fingerprint density at radius 2 is 1.89 bits per heavy atom. The standard InChI is InChI=1S/C16H20N2/c1-3-8-14(2)16(13-18,11-7-12-17)15-9-5-4-6-10-15/h4-6,9-10,14H,3,7-8,11H2,1-2H3/t14-,16+/m0/s1. The van der Waals surface area contributed by atoms with E-state index in [9.17, 15) is 5.26 Å². The molecule has 2 heteroatoms. The lowest BCUT2D eigenvalue weighted by Crippen LogP contribution is -2.32. The van der Waals surface area contributed by atoms with Gasteiger partial charge in [0.2, 0.25) is 0 Å². The molecule has 0 bridgehead atoms. The van der Waals surface area contributed by atoms with Crippen LogP contribution in [-0.4, -0.2) is 0 Å². The minimum atomic E-state index is -0.521. The van der Waals surface area contributed by atoms with E-state index in [-0.39, 0.29) is 5.92 Å². The topological polar surface area (TPSA) is 47.6 Å². The van der Waals surface area contributed by atoms with E-state index in [4.69, 9.17) is 5.26 Å². The zero-order valence-corrected chi connectivity index (χ0v) is 11.2. The third kappa shape index (κ3) is 2.90. The SMILES string of the molecule is CCC[C@H](C)[C@](C#N)(CCC#N)c1ccccc1. The molecule has 0 radical (unpaired) electrons. The second-order valence-corrected chi connectivity index (χ2v) is 4.80. The lowest BCUT2D eigenvalue weighted by atomic mass is 9.68. The lowest BCUT2D eigenvalue weighted by molar-refractivity contribution is 0.325. The maximum atomic E-state index is 9.69. The van der Waals surface area contributed by atoms with Crippen molar-refractivity contribution < 1.29 is 0 Å². The van der Waals surface area contributed by atoms with Crippen LogP contribution in [-0.2, 0) is 5.41 Å². The highest BCUT2D eigenvalue weighted by Crippen LogP contribution is 2.38. The van der Waals surface area contributed by atoms with Crippen LogP contribution in [0.1, 0.15) is 45.1 Å². The molecule has 0 unspecified atom stereocenters. The minimum absolute atomic E-state index is 0.267. The molecule has 0 aromatic heterocycles. The predicted molar refractivity (Wildman–Crippen MR) is 72.7 cm³/mol. The Bertz CT molecular complexity index is 438. The van der Waals surface area contributed by atoms with Crippen molar-refractivity contribution in [2.45, 2.75) is 44.9 Å². The van der Waals surface area contributed by atoms with E-state index in [2.05, 4.69) is 26.0 Å². The fraction of sp³-hybridized carbons (Fsp3) is 0.500. The summed E-state index contributed by atoms with van der Waals surface area (Å²) < 4.78 is 0. The molecule has 0 aliphatic carbocycles. The second kappa shape index (κ2) is 6.82. The van der Waals surface area contributed by atoms with E-state index in [0.29, 0.717) is 12.8 Å². The van der Waals surface area contributed by atoms with Crippen LogP contribution in [0.2, 0.25) is 0 Å². The Morgan fingerprint density at radius 3 is 2.39 bits per heavy atom. The molecule has 2 nitrogen and oxygen atoms in total. The number of nitriles is 2. The summed E-state index contributed by atoms with van der Waals surface area (Å²) in [7, 11) is 0. The predicted octanol–water partition coefficient (Wildman–Crippen LogP) is 4.19. The highest BCUT2D eigenvalue weighted by molar-refractivity contribution is 5.33. The molecule has 0 spiro atoms. The van der Waals surface area contributed by atoms with Crippen LogP contribution in [0.3, 0.4) is 0 Å². The number of hydrogen-bond acceptors (Lipinski definition) is 2. The number of hydrogen-bond donors (Lipinski definition) is 0. The van der Waals surface area contributed by atoms with Crippen molar-refractivity contribution >= 4 is 0 Å². The van der Waals surface area contributed by atoms with E-state index >= 15 is 0 Å². The van der Waals surface area contributed by atoms with Gasteiger partial charge in [0.05, 0.1) is 17.6 Å². The number of benzene rings is 1. The Balaban J connectivity index is 3.15. The first-order chi connectivity index (χ1) is 8.71. The van der Waals surface area contributed by atoms with E-state index in [1.165, 1.54) is 0 Å². The summed E-state index contributed by atoms with van der Waals surface area (Å²) in [5.41, 5.74) is 0.524. The van der Waals surface area contributed by atoms with Crippen molar-refractivity contribution in [1.82, 2.24) is 0 Å². The summed E-state index contributed by atoms with van der Waals surface area (Å²) in [5, 5.41) is 18.5. The molecule has 0 fully saturated rings. The van der Waals surface area contributed by atoms with E-state index in [0.717, 1.165) is 18.4 Å². The maximum Gasteiger partial charge on any atom is 0.0857 e. The molecule has 18 heavy (non-hydrogen) atoms. The molecule has 0 N–H and O–H groups in total. The first-order valence-electron chi connectivity index (χ1n) is 6.55. The van der Waals surface area contributed by atoms with Gasteiger partial charge in [-0.25, -0.2) is 0 Å². The summed E-state index contributed by atoms with van der Waals surface area (Å²) in [6, 6.07) is 14.6. The Hall–Kier alpha value is -1.80. The molecule has 0 saturated heterocycles. The third-order valence-corrected chi connectivity index (χ3v) is 3.68. The van der Waals surface area contributed by atoms with Gasteiger partial charge in [-0.05, 0) is 24.3 Å². The Kier molecular flexibility index (Phi) is 5.40. The van der Waals surface area contributed by atoms with Gasteiger partial charge >= 0.3 is 0 Å². The average Bonchev–Trinajstić information content (AvgIpc) is 2.42. The van der Waals surface area contributed by atoms with Crippen LogP contribution in [0.25, 0.3) is 0 Å². The van der Waals surface area contributed by atoms with E-state index < -0.39 is 5.41 Å². The van der Waals surface area contributed by atoms with E-state index in [1.54, 1.807) is 0 Å². The summed E-state index contributed by atoms with van der Waals surface area (Å²) >= 11 is 0. The molecule has 0 saturated carbocycles. The van der Waals surface area contributed by atoms with Crippen LogP contribution < -0.4 is 0 Å².